The van der Waals surface area contributed by atoms with E-state index in [-0.39, 0.29) is 24.5 Å². The number of rotatable bonds is 2. The second-order valence-electron chi connectivity index (χ2n) is 4.57. The fourth-order valence-corrected chi connectivity index (χ4v) is 2.12. The van der Waals surface area contributed by atoms with Gasteiger partial charge in [-0.25, -0.2) is 9.97 Å². The van der Waals surface area contributed by atoms with Crippen molar-refractivity contribution in [2.24, 2.45) is 16.8 Å². The second-order valence-corrected chi connectivity index (χ2v) is 4.57. The van der Waals surface area contributed by atoms with Gasteiger partial charge in [0.05, 0.1) is 18.3 Å². The number of hydrogen-bond donors (Lipinski definition) is 2. The second kappa shape index (κ2) is 5.51. The van der Waals surface area contributed by atoms with E-state index >= 15 is 0 Å². The summed E-state index contributed by atoms with van der Waals surface area (Å²) in [5.74, 6) is -1.19. The Balaban J connectivity index is 2.11. The van der Waals surface area contributed by atoms with E-state index in [2.05, 4.69) is 15.1 Å². The van der Waals surface area contributed by atoms with Crippen LogP contribution in [0.4, 0.5) is 19.0 Å². The molecule has 0 aliphatic carbocycles. The third-order valence-corrected chi connectivity index (χ3v) is 3.22. The molecule has 1 aromatic heterocycles. The van der Waals surface area contributed by atoms with Crippen molar-refractivity contribution in [1.82, 2.24) is 9.97 Å². The molecular formula is C11H14F3N5O. The molecule has 0 radical (unpaired) electrons. The quantitative estimate of drug-likeness (QED) is 0.371. The van der Waals surface area contributed by atoms with Gasteiger partial charge in [-0.05, 0) is 12.8 Å². The van der Waals surface area contributed by atoms with E-state index in [9.17, 15) is 13.2 Å². The number of halogens is 3. The molecule has 1 fully saturated rings. The van der Waals surface area contributed by atoms with Gasteiger partial charge in [-0.1, -0.05) is 5.16 Å². The molecule has 0 bridgehead atoms. The first kappa shape index (κ1) is 14.4. The van der Waals surface area contributed by atoms with Crippen LogP contribution in [0.25, 0.3) is 0 Å². The molecule has 2 heterocycles. The fraction of sp³-hybridized carbons (Fsp3) is 0.545. The Morgan fingerprint density at radius 3 is 2.70 bits per heavy atom. The van der Waals surface area contributed by atoms with Gasteiger partial charge in [-0.3, -0.25) is 0 Å². The van der Waals surface area contributed by atoms with Gasteiger partial charge in [-0.2, -0.15) is 13.2 Å². The van der Waals surface area contributed by atoms with Crippen molar-refractivity contribution in [3.05, 3.63) is 18.1 Å². The standard InChI is InChI=1S/C11H14F3N5O/c12-11(13,14)7-2-1-3-19(6-7)9-5-16-8(4-17-9)10(15)18-20/h4-5,7,20H,1-3,6H2,(H2,15,18). The van der Waals surface area contributed by atoms with Gasteiger partial charge in [0.15, 0.2) is 5.84 Å². The minimum absolute atomic E-state index is 0.124. The van der Waals surface area contributed by atoms with Gasteiger partial charge in [0.1, 0.15) is 11.5 Å². The maximum absolute atomic E-state index is 12.7. The van der Waals surface area contributed by atoms with E-state index in [1.54, 1.807) is 4.90 Å². The van der Waals surface area contributed by atoms with Crippen LogP contribution < -0.4 is 10.6 Å². The van der Waals surface area contributed by atoms with Gasteiger partial charge >= 0.3 is 6.18 Å². The van der Waals surface area contributed by atoms with E-state index in [1.807, 2.05) is 0 Å². The van der Waals surface area contributed by atoms with Crippen LogP contribution in [0.1, 0.15) is 18.5 Å². The Kier molecular flexibility index (Phi) is 3.96. The third kappa shape index (κ3) is 3.09. The Morgan fingerprint density at radius 2 is 2.15 bits per heavy atom. The molecule has 0 saturated carbocycles. The van der Waals surface area contributed by atoms with Crippen molar-refractivity contribution >= 4 is 11.7 Å². The summed E-state index contributed by atoms with van der Waals surface area (Å²) in [6.07, 6.45) is -1.02. The van der Waals surface area contributed by atoms with Crippen molar-refractivity contribution in [3.63, 3.8) is 0 Å². The average Bonchev–Trinajstić information content (AvgIpc) is 2.46. The zero-order valence-electron chi connectivity index (χ0n) is 10.5. The summed E-state index contributed by atoms with van der Waals surface area (Å²) in [4.78, 5) is 9.47. The first-order chi connectivity index (χ1) is 9.41. The molecule has 1 aliphatic rings. The third-order valence-electron chi connectivity index (χ3n) is 3.22. The number of oxime groups is 1. The molecule has 3 N–H and O–H groups in total. The molecule has 6 nitrogen and oxygen atoms in total. The lowest BCUT2D eigenvalue weighted by Gasteiger charge is -2.34. The van der Waals surface area contributed by atoms with Crippen LogP contribution in [0.15, 0.2) is 17.5 Å². The highest BCUT2D eigenvalue weighted by Crippen LogP contribution is 2.34. The van der Waals surface area contributed by atoms with Crippen LogP contribution in [0, 0.1) is 5.92 Å². The molecule has 1 aliphatic heterocycles. The van der Waals surface area contributed by atoms with Gasteiger partial charge in [-0.15, -0.1) is 0 Å². The predicted molar refractivity (Wildman–Crippen MR) is 65.5 cm³/mol. The van der Waals surface area contributed by atoms with E-state index in [0.29, 0.717) is 18.8 Å². The smallest absolute Gasteiger partial charge is 0.393 e. The molecular weight excluding hydrogens is 275 g/mol. The average molecular weight is 289 g/mol. The number of hydrogen-bond acceptors (Lipinski definition) is 5. The largest absolute Gasteiger partial charge is 0.409 e. The maximum Gasteiger partial charge on any atom is 0.393 e. The number of alkyl halides is 3. The van der Waals surface area contributed by atoms with Crippen molar-refractivity contribution in [2.75, 3.05) is 18.0 Å². The summed E-state index contributed by atoms with van der Waals surface area (Å²) in [5.41, 5.74) is 5.50. The summed E-state index contributed by atoms with van der Waals surface area (Å²) in [5, 5.41) is 11.3. The number of nitrogens with zero attached hydrogens (tertiary/aromatic N) is 4. The monoisotopic (exact) mass is 289 g/mol. The lowest BCUT2D eigenvalue weighted by atomic mass is 9.97. The highest BCUT2D eigenvalue weighted by Gasteiger charge is 2.42. The molecule has 110 valence electrons. The van der Waals surface area contributed by atoms with Gasteiger partial charge in [0.2, 0.25) is 0 Å². The minimum atomic E-state index is -4.19. The Bertz CT molecular complexity index is 488. The molecule has 2 rings (SSSR count). The Labute approximate surface area is 113 Å². The first-order valence-electron chi connectivity index (χ1n) is 6.03. The van der Waals surface area contributed by atoms with E-state index < -0.39 is 12.1 Å². The summed E-state index contributed by atoms with van der Waals surface area (Å²) >= 11 is 0. The number of nitrogens with two attached hydrogens (primary N) is 1. The van der Waals surface area contributed by atoms with E-state index in [0.717, 1.165) is 0 Å². The molecule has 0 amide bonds. The van der Waals surface area contributed by atoms with Crippen LogP contribution in [0.2, 0.25) is 0 Å². The number of amidine groups is 1. The topological polar surface area (TPSA) is 87.6 Å². The van der Waals surface area contributed by atoms with Crippen molar-refractivity contribution in [2.45, 2.75) is 19.0 Å². The molecule has 1 unspecified atom stereocenters. The summed E-state index contributed by atoms with van der Waals surface area (Å²) in [7, 11) is 0. The molecule has 1 aromatic rings. The van der Waals surface area contributed by atoms with Crippen LogP contribution in [-0.2, 0) is 0 Å². The lowest BCUT2D eigenvalue weighted by molar-refractivity contribution is -0.176. The number of aromatic nitrogens is 2. The molecule has 0 aromatic carbocycles. The lowest BCUT2D eigenvalue weighted by Crippen LogP contribution is -2.42. The van der Waals surface area contributed by atoms with Crippen molar-refractivity contribution in [1.29, 1.82) is 0 Å². The molecule has 0 spiro atoms. The predicted octanol–water partition coefficient (Wildman–Crippen LogP) is 1.35. The Morgan fingerprint density at radius 1 is 1.40 bits per heavy atom. The van der Waals surface area contributed by atoms with Crippen molar-refractivity contribution in [3.8, 4) is 0 Å². The molecule has 9 heteroatoms. The van der Waals surface area contributed by atoms with E-state index in [1.165, 1.54) is 12.4 Å². The molecule has 20 heavy (non-hydrogen) atoms. The normalized spacial score (nSPS) is 21.1. The van der Waals surface area contributed by atoms with Crippen molar-refractivity contribution < 1.29 is 18.4 Å². The zero-order chi connectivity index (χ0) is 14.8. The number of piperidine rings is 1. The summed E-state index contributed by atoms with van der Waals surface area (Å²) in [6.45, 7) is 0.380. The van der Waals surface area contributed by atoms with Crippen LogP contribution in [0.5, 0.6) is 0 Å². The van der Waals surface area contributed by atoms with Crippen LogP contribution >= 0.6 is 0 Å². The van der Waals surface area contributed by atoms with Gasteiger partial charge < -0.3 is 15.8 Å². The maximum atomic E-state index is 12.7. The zero-order valence-corrected chi connectivity index (χ0v) is 10.5. The first-order valence-corrected chi connectivity index (χ1v) is 6.03. The van der Waals surface area contributed by atoms with Crippen LogP contribution in [0.3, 0.4) is 0 Å². The molecule has 1 atom stereocenters. The van der Waals surface area contributed by atoms with Gasteiger partial charge in [0, 0.05) is 13.1 Å². The summed E-state index contributed by atoms with van der Waals surface area (Å²) < 4.78 is 38.2. The van der Waals surface area contributed by atoms with E-state index in [4.69, 9.17) is 10.9 Å². The van der Waals surface area contributed by atoms with Crippen LogP contribution in [-0.4, -0.2) is 40.3 Å². The Hall–Kier alpha value is -2.06. The highest BCUT2D eigenvalue weighted by atomic mass is 19.4. The molecule has 1 saturated heterocycles. The summed E-state index contributed by atoms with van der Waals surface area (Å²) in [6, 6.07) is 0. The number of anilines is 1. The fourth-order valence-electron chi connectivity index (χ4n) is 2.12. The SMILES string of the molecule is NC(=NO)c1cnc(N2CCCC(C(F)(F)F)C2)cn1. The van der Waals surface area contributed by atoms with Gasteiger partial charge in [0.25, 0.3) is 0 Å². The minimum Gasteiger partial charge on any atom is -0.409 e. The highest BCUT2D eigenvalue weighted by molar-refractivity contribution is 5.94.